The second-order valence-electron chi connectivity index (χ2n) is 9.09. The maximum atomic E-state index is 13.0. The van der Waals surface area contributed by atoms with E-state index in [2.05, 4.69) is 15.2 Å². The molecule has 3 rings (SSSR count). The molecule has 0 radical (unpaired) electrons. The number of carbonyl (C=O) groups excluding carboxylic acids is 3. The molecule has 0 bridgehead atoms. The van der Waals surface area contributed by atoms with Crippen LogP contribution in [0.5, 0.6) is 5.75 Å². The maximum Gasteiger partial charge on any atom is 0.242 e. The second kappa shape index (κ2) is 16.4. The minimum atomic E-state index is -1.14. The molecule has 38 heavy (non-hydrogen) atoms. The van der Waals surface area contributed by atoms with Gasteiger partial charge >= 0.3 is 0 Å². The molecule has 0 fully saturated rings. The first kappa shape index (κ1) is 35.4. The SMILES string of the molecule is CCN1C(=O)C(C)(C)C(=O)N(C)c2cc(OCCCN(CCNC=O)Cc3ccncc3)ccc21.Cl.Cl.Cl. The summed E-state index contributed by atoms with van der Waals surface area (Å²) in [5, 5.41) is 2.71. The number of anilines is 2. The Labute approximate surface area is 243 Å². The summed E-state index contributed by atoms with van der Waals surface area (Å²) in [5.41, 5.74) is 1.38. The average Bonchev–Trinajstić information content (AvgIpc) is 2.91. The van der Waals surface area contributed by atoms with Gasteiger partial charge in [0.1, 0.15) is 11.2 Å². The van der Waals surface area contributed by atoms with Crippen molar-refractivity contribution >= 4 is 66.8 Å². The van der Waals surface area contributed by atoms with E-state index in [-0.39, 0.29) is 49.0 Å². The molecule has 0 unspecified atom stereocenters. The Morgan fingerprint density at radius 3 is 2.34 bits per heavy atom. The summed E-state index contributed by atoms with van der Waals surface area (Å²) in [7, 11) is 1.70. The number of nitrogens with one attached hydrogen (secondary N) is 1. The number of hydrogen-bond acceptors (Lipinski definition) is 6. The number of benzene rings is 1. The summed E-state index contributed by atoms with van der Waals surface area (Å²) in [5.74, 6) is 0.199. The molecule has 9 nitrogen and oxygen atoms in total. The zero-order valence-electron chi connectivity index (χ0n) is 22.2. The molecule has 0 atom stereocenters. The Morgan fingerprint density at radius 1 is 1.03 bits per heavy atom. The molecule has 0 aliphatic carbocycles. The Morgan fingerprint density at radius 2 is 1.71 bits per heavy atom. The number of hydrogen-bond donors (Lipinski definition) is 1. The first-order valence-electron chi connectivity index (χ1n) is 11.9. The predicted molar refractivity (Wildman–Crippen MR) is 157 cm³/mol. The first-order valence-corrected chi connectivity index (χ1v) is 11.9. The Balaban J connectivity index is 0.00000456. The average molecular weight is 591 g/mol. The van der Waals surface area contributed by atoms with Gasteiger partial charge in [-0.25, -0.2) is 0 Å². The number of rotatable bonds is 12. The van der Waals surface area contributed by atoms with E-state index in [0.29, 0.717) is 43.2 Å². The fourth-order valence-corrected chi connectivity index (χ4v) is 4.25. The van der Waals surface area contributed by atoms with Crippen molar-refractivity contribution < 1.29 is 19.1 Å². The molecule has 1 aromatic heterocycles. The molecule has 2 heterocycles. The van der Waals surface area contributed by atoms with Gasteiger partial charge in [0.2, 0.25) is 18.2 Å². The van der Waals surface area contributed by atoms with Gasteiger partial charge in [-0.3, -0.25) is 24.3 Å². The molecule has 1 aromatic carbocycles. The molecular formula is C26H38Cl3N5O4. The number of nitrogens with zero attached hydrogens (tertiary/aromatic N) is 4. The first-order chi connectivity index (χ1) is 16.8. The van der Waals surface area contributed by atoms with E-state index in [0.717, 1.165) is 31.6 Å². The third kappa shape index (κ3) is 8.46. The highest BCUT2D eigenvalue weighted by molar-refractivity contribution is 6.20. The number of fused-ring (bicyclic) bond motifs is 1. The van der Waals surface area contributed by atoms with Crippen molar-refractivity contribution in [3.63, 3.8) is 0 Å². The summed E-state index contributed by atoms with van der Waals surface area (Å²) in [6.07, 6.45) is 5.04. The van der Waals surface area contributed by atoms with E-state index < -0.39 is 5.41 Å². The van der Waals surface area contributed by atoms with Gasteiger partial charge in [0.25, 0.3) is 0 Å². The van der Waals surface area contributed by atoms with Crippen LogP contribution in [0.1, 0.15) is 32.8 Å². The highest BCUT2D eigenvalue weighted by Gasteiger charge is 2.45. The summed E-state index contributed by atoms with van der Waals surface area (Å²) in [6.45, 7) is 9.05. The normalized spacial score (nSPS) is 13.9. The molecule has 1 aliphatic heterocycles. The van der Waals surface area contributed by atoms with Crippen LogP contribution in [-0.4, -0.2) is 67.9 Å². The van der Waals surface area contributed by atoms with Gasteiger partial charge < -0.3 is 19.9 Å². The van der Waals surface area contributed by atoms with Crippen LogP contribution in [-0.2, 0) is 20.9 Å². The molecule has 1 aliphatic rings. The molecule has 3 amide bonds. The molecule has 12 heteroatoms. The highest BCUT2D eigenvalue weighted by Crippen LogP contribution is 2.40. The minimum absolute atomic E-state index is 0. The van der Waals surface area contributed by atoms with Crippen LogP contribution in [0.15, 0.2) is 42.7 Å². The van der Waals surface area contributed by atoms with Gasteiger partial charge in [-0.05, 0) is 57.0 Å². The molecule has 0 spiro atoms. The van der Waals surface area contributed by atoms with Crippen molar-refractivity contribution in [3.05, 3.63) is 48.3 Å². The standard InChI is InChI=1S/C26H35N5O4.3ClH/c1-5-31-22-8-7-21(17-23(22)29(4)24(33)26(2,3)25(31)34)35-16-6-14-30(15-13-28-19-32)18-20-9-11-27-12-10-20;;;/h7-12,17,19H,5-6,13-16,18H2,1-4H3,(H,28,32);3*1H. The van der Waals surface area contributed by atoms with Crippen molar-refractivity contribution in [1.82, 2.24) is 15.2 Å². The van der Waals surface area contributed by atoms with Gasteiger partial charge in [-0.2, -0.15) is 0 Å². The topological polar surface area (TPSA) is 95.1 Å². The summed E-state index contributed by atoms with van der Waals surface area (Å²) in [6, 6.07) is 9.48. The lowest BCUT2D eigenvalue weighted by atomic mass is 9.90. The van der Waals surface area contributed by atoms with Gasteiger partial charge in [-0.15, -0.1) is 37.2 Å². The highest BCUT2D eigenvalue weighted by atomic mass is 35.5. The number of pyridine rings is 1. The third-order valence-corrected chi connectivity index (χ3v) is 6.23. The number of halogens is 3. The van der Waals surface area contributed by atoms with Crippen molar-refractivity contribution in [2.75, 3.05) is 49.6 Å². The number of carbonyl (C=O) groups is 3. The van der Waals surface area contributed by atoms with Crippen LogP contribution in [0.3, 0.4) is 0 Å². The largest absolute Gasteiger partial charge is 0.493 e. The van der Waals surface area contributed by atoms with Crippen molar-refractivity contribution in [2.24, 2.45) is 5.41 Å². The van der Waals surface area contributed by atoms with Crippen LogP contribution in [0, 0.1) is 5.41 Å². The molecular weight excluding hydrogens is 553 g/mol. The van der Waals surface area contributed by atoms with Crippen LogP contribution in [0.25, 0.3) is 0 Å². The molecule has 1 N–H and O–H groups in total. The molecule has 2 aromatic rings. The van der Waals surface area contributed by atoms with Crippen molar-refractivity contribution in [2.45, 2.75) is 33.7 Å². The van der Waals surface area contributed by atoms with Crippen molar-refractivity contribution in [1.29, 1.82) is 0 Å². The number of ether oxygens (including phenoxy) is 1. The number of amides is 3. The lowest BCUT2D eigenvalue weighted by molar-refractivity contribution is -0.137. The van der Waals surface area contributed by atoms with E-state index in [1.54, 1.807) is 43.1 Å². The van der Waals surface area contributed by atoms with Crippen LogP contribution in [0.2, 0.25) is 0 Å². The van der Waals surface area contributed by atoms with E-state index in [1.807, 2.05) is 37.3 Å². The van der Waals surface area contributed by atoms with Gasteiger partial charge in [0.05, 0.1) is 18.0 Å². The maximum absolute atomic E-state index is 13.0. The zero-order chi connectivity index (χ0) is 25.4. The Hall–Kier alpha value is -2.59. The zero-order valence-corrected chi connectivity index (χ0v) is 24.7. The fourth-order valence-electron chi connectivity index (χ4n) is 4.25. The van der Waals surface area contributed by atoms with Crippen LogP contribution >= 0.6 is 37.2 Å². The fraction of sp³-hybridized carbons (Fsp3) is 0.462. The number of aromatic nitrogens is 1. The van der Waals surface area contributed by atoms with Crippen LogP contribution in [0.4, 0.5) is 11.4 Å². The quantitative estimate of drug-likeness (QED) is 0.230. The second-order valence-corrected chi connectivity index (χ2v) is 9.09. The molecule has 0 saturated heterocycles. The summed E-state index contributed by atoms with van der Waals surface area (Å²) < 4.78 is 6.02. The Kier molecular flexibility index (Phi) is 15.3. The van der Waals surface area contributed by atoms with E-state index >= 15 is 0 Å². The van der Waals surface area contributed by atoms with E-state index in [4.69, 9.17) is 4.74 Å². The third-order valence-electron chi connectivity index (χ3n) is 6.23. The van der Waals surface area contributed by atoms with Crippen molar-refractivity contribution in [3.8, 4) is 5.75 Å². The van der Waals surface area contributed by atoms with Gasteiger partial charge in [-0.1, -0.05) is 0 Å². The molecule has 212 valence electrons. The van der Waals surface area contributed by atoms with Crippen LogP contribution < -0.4 is 19.9 Å². The lowest BCUT2D eigenvalue weighted by Gasteiger charge is -2.27. The summed E-state index contributed by atoms with van der Waals surface area (Å²) in [4.78, 5) is 46.2. The predicted octanol–water partition coefficient (Wildman–Crippen LogP) is 3.72. The van der Waals surface area contributed by atoms with Gasteiger partial charge in [0, 0.05) is 58.2 Å². The van der Waals surface area contributed by atoms with E-state index in [1.165, 1.54) is 0 Å². The van der Waals surface area contributed by atoms with Gasteiger partial charge in [0.15, 0.2) is 0 Å². The lowest BCUT2D eigenvalue weighted by Crippen LogP contribution is -2.47. The summed E-state index contributed by atoms with van der Waals surface area (Å²) >= 11 is 0. The smallest absolute Gasteiger partial charge is 0.242 e. The minimum Gasteiger partial charge on any atom is -0.493 e. The molecule has 0 saturated carbocycles. The Bertz CT molecular complexity index is 1040. The monoisotopic (exact) mass is 589 g/mol. The van der Waals surface area contributed by atoms with E-state index in [9.17, 15) is 14.4 Å².